The van der Waals surface area contributed by atoms with E-state index >= 15 is 0 Å². The lowest BCUT2D eigenvalue weighted by molar-refractivity contribution is -0.124. The van der Waals surface area contributed by atoms with E-state index in [1.165, 1.54) is 5.39 Å². The average Bonchev–Trinajstić information content (AvgIpc) is 2.71. The molecular formula is C25H28N2O2. The van der Waals surface area contributed by atoms with E-state index < -0.39 is 6.04 Å². The highest BCUT2D eigenvalue weighted by Crippen LogP contribution is 2.20. The second kappa shape index (κ2) is 8.91. The zero-order valence-electron chi connectivity index (χ0n) is 17.4. The van der Waals surface area contributed by atoms with Gasteiger partial charge in [-0.25, -0.2) is 0 Å². The van der Waals surface area contributed by atoms with Crippen LogP contribution in [-0.2, 0) is 4.79 Å². The van der Waals surface area contributed by atoms with Gasteiger partial charge in [0, 0.05) is 5.56 Å². The number of aryl methyl sites for hydroxylation is 1. The molecule has 4 nitrogen and oxygen atoms in total. The summed E-state index contributed by atoms with van der Waals surface area (Å²) in [5.41, 5.74) is 2.51. The van der Waals surface area contributed by atoms with Gasteiger partial charge in [0.25, 0.3) is 5.91 Å². The molecule has 3 rings (SSSR count). The van der Waals surface area contributed by atoms with Crippen LogP contribution in [0.3, 0.4) is 0 Å². The third-order valence-electron chi connectivity index (χ3n) is 5.26. The molecular weight excluding hydrogens is 360 g/mol. The SMILES string of the molecule is Cc1ccccc1C(=O)N[C@H](C(=O)NC(C)c1ccc2ccccc2c1)C(C)C. The van der Waals surface area contributed by atoms with E-state index in [0.29, 0.717) is 5.56 Å². The Morgan fingerprint density at radius 3 is 2.14 bits per heavy atom. The molecule has 0 radical (unpaired) electrons. The van der Waals surface area contributed by atoms with Crippen molar-refractivity contribution < 1.29 is 9.59 Å². The molecule has 1 unspecified atom stereocenters. The normalized spacial score (nSPS) is 13.1. The van der Waals surface area contributed by atoms with Crippen LogP contribution >= 0.6 is 0 Å². The summed E-state index contributed by atoms with van der Waals surface area (Å²) < 4.78 is 0. The van der Waals surface area contributed by atoms with Gasteiger partial charge in [-0.1, -0.05) is 68.4 Å². The van der Waals surface area contributed by atoms with Gasteiger partial charge in [-0.15, -0.1) is 0 Å². The van der Waals surface area contributed by atoms with Crippen molar-refractivity contribution in [2.24, 2.45) is 5.92 Å². The largest absolute Gasteiger partial charge is 0.348 e. The summed E-state index contributed by atoms with van der Waals surface area (Å²) in [5.74, 6) is -0.440. The quantitative estimate of drug-likeness (QED) is 0.638. The molecule has 0 heterocycles. The molecule has 3 aromatic carbocycles. The molecule has 4 heteroatoms. The third-order valence-corrected chi connectivity index (χ3v) is 5.26. The van der Waals surface area contributed by atoms with E-state index in [1.54, 1.807) is 6.07 Å². The summed E-state index contributed by atoms with van der Waals surface area (Å²) in [6, 6.07) is 21.0. The van der Waals surface area contributed by atoms with Crippen LogP contribution in [-0.4, -0.2) is 17.9 Å². The zero-order chi connectivity index (χ0) is 21.0. The molecule has 29 heavy (non-hydrogen) atoms. The van der Waals surface area contributed by atoms with Crippen LogP contribution in [0, 0.1) is 12.8 Å². The highest BCUT2D eigenvalue weighted by Gasteiger charge is 2.26. The zero-order valence-corrected chi connectivity index (χ0v) is 17.4. The van der Waals surface area contributed by atoms with Crippen LogP contribution < -0.4 is 10.6 Å². The summed E-state index contributed by atoms with van der Waals surface area (Å²) >= 11 is 0. The van der Waals surface area contributed by atoms with Crippen molar-refractivity contribution in [1.82, 2.24) is 10.6 Å². The van der Waals surface area contributed by atoms with E-state index in [4.69, 9.17) is 0 Å². The molecule has 0 saturated carbocycles. The summed E-state index contributed by atoms with van der Waals surface area (Å²) in [6.45, 7) is 7.72. The van der Waals surface area contributed by atoms with Gasteiger partial charge in [0.2, 0.25) is 5.91 Å². The molecule has 3 aromatic rings. The number of carbonyl (C=O) groups is 2. The highest BCUT2D eigenvalue weighted by atomic mass is 16.2. The Bertz CT molecular complexity index is 1030. The fraction of sp³-hybridized carbons (Fsp3) is 0.280. The lowest BCUT2D eigenvalue weighted by Gasteiger charge is -2.24. The van der Waals surface area contributed by atoms with E-state index in [-0.39, 0.29) is 23.8 Å². The van der Waals surface area contributed by atoms with Gasteiger partial charge in [-0.05, 0) is 53.8 Å². The van der Waals surface area contributed by atoms with Crippen molar-refractivity contribution in [3.63, 3.8) is 0 Å². The summed E-state index contributed by atoms with van der Waals surface area (Å²) in [7, 11) is 0. The number of hydrogen-bond acceptors (Lipinski definition) is 2. The van der Waals surface area contributed by atoms with Gasteiger partial charge in [0.05, 0.1) is 6.04 Å². The van der Waals surface area contributed by atoms with Crippen LogP contribution in [0.5, 0.6) is 0 Å². The Balaban J connectivity index is 1.73. The van der Waals surface area contributed by atoms with Gasteiger partial charge < -0.3 is 10.6 Å². The lowest BCUT2D eigenvalue weighted by atomic mass is 9.99. The number of fused-ring (bicyclic) bond motifs is 1. The van der Waals surface area contributed by atoms with Gasteiger partial charge in [0.15, 0.2) is 0 Å². The molecule has 0 fully saturated rings. The number of nitrogens with one attached hydrogen (secondary N) is 2. The Hall–Kier alpha value is -3.14. The average molecular weight is 389 g/mol. The standard InChI is InChI=1S/C25H28N2O2/c1-16(2)23(27-24(28)22-12-8-5-9-17(22)3)25(29)26-18(4)20-14-13-19-10-6-7-11-21(19)15-20/h5-16,18,23H,1-4H3,(H,26,29)(H,27,28)/t18?,23-/m0/s1. The third kappa shape index (κ3) is 4.83. The van der Waals surface area contributed by atoms with Crippen LogP contribution in [0.15, 0.2) is 66.7 Å². The summed E-state index contributed by atoms with van der Waals surface area (Å²) in [4.78, 5) is 25.7. The van der Waals surface area contributed by atoms with E-state index in [1.807, 2.05) is 64.1 Å². The first kappa shape index (κ1) is 20.6. The van der Waals surface area contributed by atoms with Gasteiger partial charge in [0.1, 0.15) is 6.04 Å². The minimum absolute atomic E-state index is 0.0354. The van der Waals surface area contributed by atoms with Gasteiger partial charge in [-0.2, -0.15) is 0 Å². The van der Waals surface area contributed by atoms with Crippen molar-refractivity contribution in [1.29, 1.82) is 0 Å². The molecule has 0 saturated heterocycles. The molecule has 0 bridgehead atoms. The number of hydrogen-bond donors (Lipinski definition) is 2. The van der Waals surface area contributed by atoms with Crippen LogP contribution in [0.1, 0.15) is 48.3 Å². The molecule has 0 aliphatic heterocycles. The molecule has 2 amide bonds. The van der Waals surface area contributed by atoms with E-state index in [2.05, 4.69) is 34.9 Å². The molecule has 0 aliphatic carbocycles. The monoisotopic (exact) mass is 388 g/mol. The Kier molecular flexibility index (Phi) is 6.32. The van der Waals surface area contributed by atoms with Crippen molar-refractivity contribution >= 4 is 22.6 Å². The number of benzene rings is 3. The van der Waals surface area contributed by atoms with Gasteiger partial charge >= 0.3 is 0 Å². The smallest absolute Gasteiger partial charge is 0.252 e. The Morgan fingerprint density at radius 2 is 1.45 bits per heavy atom. The van der Waals surface area contributed by atoms with Crippen molar-refractivity contribution in [3.05, 3.63) is 83.4 Å². The Labute approximate surface area is 172 Å². The minimum Gasteiger partial charge on any atom is -0.348 e. The van der Waals surface area contributed by atoms with Crippen LogP contribution in [0.2, 0.25) is 0 Å². The van der Waals surface area contributed by atoms with Gasteiger partial charge in [-0.3, -0.25) is 9.59 Å². The second-order valence-corrected chi connectivity index (χ2v) is 7.85. The van der Waals surface area contributed by atoms with E-state index in [9.17, 15) is 9.59 Å². The molecule has 0 aromatic heterocycles. The maximum atomic E-state index is 13.0. The minimum atomic E-state index is -0.606. The first-order valence-corrected chi connectivity index (χ1v) is 10.0. The second-order valence-electron chi connectivity index (χ2n) is 7.85. The van der Waals surface area contributed by atoms with Crippen LogP contribution in [0.4, 0.5) is 0 Å². The maximum Gasteiger partial charge on any atom is 0.252 e. The molecule has 2 N–H and O–H groups in total. The molecule has 0 spiro atoms. The molecule has 150 valence electrons. The fourth-order valence-corrected chi connectivity index (χ4v) is 3.45. The van der Waals surface area contributed by atoms with Crippen LogP contribution in [0.25, 0.3) is 10.8 Å². The van der Waals surface area contributed by atoms with Crippen molar-refractivity contribution in [2.45, 2.75) is 39.8 Å². The lowest BCUT2D eigenvalue weighted by Crippen LogP contribution is -2.50. The maximum absolute atomic E-state index is 13.0. The fourth-order valence-electron chi connectivity index (χ4n) is 3.45. The summed E-state index contributed by atoms with van der Waals surface area (Å²) in [5, 5.41) is 8.27. The van der Waals surface area contributed by atoms with E-state index in [0.717, 1.165) is 16.5 Å². The number of rotatable bonds is 6. The Morgan fingerprint density at radius 1 is 0.793 bits per heavy atom. The first-order chi connectivity index (χ1) is 13.9. The number of carbonyl (C=O) groups excluding carboxylic acids is 2. The van der Waals surface area contributed by atoms with Crippen molar-refractivity contribution in [2.75, 3.05) is 0 Å². The predicted octanol–water partition coefficient (Wildman–Crippen LogP) is 4.78. The molecule has 0 aliphatic rings. The molecule has 2 atom stereocenters. The number of amides is 2. The van der Waals surface area contributed by atoms with Crippen molar-refractivity contribution in [3.8, 4) is 0 Å². The summed E-state index contributed by atoms with van der Waals surface area (Å²) in [6.07, 6.45) is 0. The first-order valence-electron chi connectivity index (χ1n) is 10.0. The highest BCUT2D eigenvalue weighted by molar-refractivity contribution is 5.98. The topological polar surface area (TPSA) is 58.2 Å². The predicted molar refractivity (Wildman–Crippen MR) is 118 cm³/mol.